The zero-order valence-corrected chi connectivity index (χ0v) is 72.3. The molecule has 25 nitrogen and oxygen atoms in total. The van der Waals surface area contributed by atoms with Gasteiger partial charge in [0.25, 0.3) is 17.7 Å². The van der Waals surface area contributed by atoms with E-state index in [1.165, 1.54) is 36.0 Å². The molecule has 660 valence electrons. The summed E-state index contributed by atoms with van der Waals surface area (Å²) in [4.78, 5) is 119. The SMILES string of the molecule is C=CCCCCC(=O)c1c(OCc2ccccc2)c(=O)ccn1N.C=CCCCN1CN(C(c2ccccn2)c2ccccc2CC=C)n2ccc(=O)c(OCc3ccccc3)c2C1=O.C=CCCCN1CNn2ccc(=O)c(OCc3ccccc3)c2C1=O.O=C1c2c(OCc3ccccc3)c(=O)ccn2N2CN1CCCC=CCc1ccccc1C2c1ccccn1. The molecule has 6 aromatic heterocycles. The third kappa shape index (κ3) is 23.2. The number of nitrogen functional groups attached to an aromatic ring is 1. The normalized spacial score (nSPS) is 13.9. The number of unbranched alkanes of at least 4 members (excludes halogenated alkanes) is 4. The lowest BCUT2D eigenvalue weighted by atomic mass is 9.94. The number of fused-ring (bicyclic) bond motifs is 7. The van der Waals surface area contributed by atoms with Crippen molar-refractivity contribution in [2.45, 2.75) is 116 Å². The average Bonchev–Trinajstić information content (AvgIpc) is 0.746. The van der Waals surface area contributed by atoms with Crippen LogP contribution < -0.4 is 61.9 Å². The minimum Gasteiger partial charge on any atom is -0.483 e. The predicted molar refractivity (Wildman–Crippen MR) is 502 cm³/mol. The molecule has 10 heterocycles. The Morgan fingerprint density at radius 1 is 0.481 bits per heavy atom. The molecule has 0 radical (unpaired) electrons. The molecular weight excluding hydrogens is 1620 g/mol. The van der Waals surface area contributed by atoms with Crippen LogP contribution in [-0.2, 0) is 39.3 Å². The highest BCUT2D eigenvalue weighted by Crippen LogP contribution is 2.37. The molecule has 6 aromatic carbocycles. The number of nitrogens with zero attached hydrogens (tertiary/aromatic N) is 11. The van der Waals surface area contributed by atoms with E-state index in [1.54, 1.807) is 54.8 Å². The molecule has 12 aromatic rings. The lowest BCUT2D eigenvalue weighted by molar-refractivity contribution is 0.0667. The number of nitrogens with one attached hydrogen (secondary N) is 1. The van der Waals surface area contributed by atoms with Crippen molar-refractivity contribution in [3.63, 3.8) is 0 Å². The Labute approximate surface area is 750 Å². The van der Waals surface area contributed by atoms with Gasteiger partial charge in [-0.15, -0.1) is 26.3 Å². The number of ketones is 1. The van der Waals surface area contributed by atoms with Crippen molar-refractivity contribution in [1.29, 1.82) is 0 Å². The van der Waals surface area contributed by atoms with Gasteiger partial charge in [-0.25, -0.2) is 0 Å². The Morgan fingerprint density at radius 3 is 1.57 bits per heavy atom. The van der Waals surface area contributed by atoms with Crippen molar-refractivity contribution in [1.82, 2.24) is 43.4 Å². The molecule has 2 bridgehead atoms. The van der Waals surface area contributed by atoms with Crippen molar-refractivity contribution in [3.05, 3.63) is 450 Å². The van der Waals surface area contributed by atoms with Crippen LogP contribution in [0.3, 0.4) is 0 Å². The van der Waals surface area contributed by atoms with E-state index in [0.717, 1.165) is 113 Å². The minimum absolute atomic E-state index is 0.0116. The van der Waals surface area contributed by atoms with Gasteiger partial charge in [0.1, 0.15) is 58.5 Å². The fraction of sp³-hybridized carbons (Fsp3) is 0.231. The van der Waals surface area contributed by atoms with Gasteiger partial charge in [-0.2, -0.15) is 0 Å². The summed E-state index contributed by atoms with van der Waals surface area (Å²) in [6, 6.07) is 71.6. The van der Waals surface area contributed by atoms with Crippen molar-refractivity contribution in [3.8, 4) is 23.0 Å². The topological polar surface area (TPSA) is 273 Å². The number of rotatable bonds is 32. The number of nitrogens with two attached hydrogens (primary N) is 1. The van der Waals surface area contributed by atoms with E-state index in [1.807, 2.05) is 205 Å². The maximum absolute atomic E-state index is 14.0. The van der Waals surface area contributed by atoms with Gasteiger partial charge in [0.05, 0.1) is 11.4 Å². The lowest BCUT2D eigenvalue weighted by Gasteiger charge is -2.44. The number of amides is 3. The fourth-order valence-corrected chi connectivity index (χ4v) is 15.6. The molecule has 0 saturated carbocycles. The number of Topliss-reactive ketones (excluding diaryl/α,β-unsaturated/α-hetero) is 1. The first-order valence-electron chi connectivity index (χ1n) is 43.4. The van der Waals surface area contributed by atoms with Crippen molar-refractivity contribution in [2.24, 2.45) is 0 Å². The Morgan fingerprint density at radius 2 is 0.984 bits per heavy atom. The van der Waals surface area contributed by atoms with Crippen LogP contribution in [0.1, 0.15) is 174 Å². The summed E-state index contributed by atoms with van der Waals surface area (Å²) in [7, 11) is 0. The summed E-state index contributed by atoms with van der Waals surface area (Å²) in [5, 5.41) is 4.21. The number of benzene rings is 6. The summed E-state index contributed by atoms with van der Waals surface area (Å²) in [6.45, 7) is 18.7. The van der Waals surface area contributed by atoms with Crippen LogP contribution >= 0.6 is 0 Å². The minimum atomic E-state index is -0.356. The lowest BCUT2D eigenvalue weighted by Crippen LogP contribution is -2.56. The molecule has 2 unspecified atom stereocenters. The monoisotopic (exact) mass is 1730 g/mol. The summed E-state index contributed by atoms with van der Waals surface area (Å²) in [5.41, 5.74) is 12.4. The van der Waals surface area contributed by atoms with Gasteiger partial charge < -0.3 is 44.9 Å². The molecular formula is C104H107N13O12. The van der Waals surface area contributed by atoms with Gasteiger partial charge in [0.15, 0.2) is 51.6 Å². The number of hydrogen-bond donors (Lipinski definition) is 2. The fourth-order valence-electron chi connectivity index (χ4n) is 15.6. The van der Waals surface area contributed by atoms with Crippen molar-refractivity contribution < 1.29 is 38.1 Å². The van der Waals surface area contributed by atoms with Gasteiger partial charge in [-0.1, -0.05) is 218 Å². The summed E-state index contributed by atoms with van der Waals surface area (Å²) in [5.74, 6) is 5.21. The van der Waals surface area contributed by atoms with Gasteiger partial charge in [0.2, 0.25) is 21.7 Å². The Bertz CT molecular complexity index is 6130. The first kappa shape index (κ1) is 91.3. The quantitative estimate of drug-likeness (QED) is 0.0172. The van der Waals surface area contributed by atoms with Gasteiger partial charge in [-0.05, 0) is 139 Å². The predicted octanol–water partition coefficient (Wildman–Crippen LogP) is 15.9. The molecule has 3 N–H and O–H groups in total. The van der Waals surface area contributed by atoms with Crippen LogP contribution in [0.2, 0.25) is 0 Å². The molecule has 2 atom stereocenters. The van der Waals surface area contributed by atoms with E-state index in [-0.39, 0.29) is 130 Å². The maximum Gasteiger partial charge on any atom is 0.277 e. The van der Waals surface area contributed by atoms with E-state index in [9.17, 15) is 38.4 Å². The summed E-state index contributed by atoms with van der Waals surface area (Å²) in [6.07, 6.45) is 30.8. The highest BCUT2D eigenvalue weighted by atomic mass is 16.5. The van der Waals surface area contributed by atoms with Crippen LogP contribution in [0.4, 0.5) is 0 Å². The molecule has 4 aliphatic rings. The van der Waals surface area contributed by atoms with Crippen LogP contribution in [0.15, 0.2) is 350 Å². The van der Waals surface area contributed by atoms with Gasteiger partial charge in [-0.3, -0.25) is 77.0 Å². The summed E-state index contributed by atoms with van der Waals surface area (Å²) < 4.78 is 29.9. The molecule has 25 heteroatoms. The van der Waals surface area contributed by atoms with Crippen LogP contribution in [-0.4, -0.2) is 107 Å². The third-order valence-corrected chi connectivity index (χ3v) is 22.1. The number of pyridine rings is 6. The number of aromatic nitrogens is 6. The highest BCUT2D eigenvalue weighted by Gasteiger charge is 2.41. The molecule has 0 aliphatic carbocycles. The van der Waals surface area contributed by atoms with Gasteiger partial charge in [0, 0.05) is 87.5 Å². The van der Waals surface area contributed by atoms with Crippen molar-refractivity contribution in [2.75, 3.05) is 60.9 Å². The Kier molecular flexibility index (Phi) is 32.6. The third-order valence-electron chi connectivity index (χ3n) is 22.1. The second-order valence-electron chi connectivity index (χ2n) is 31.0. The molecule has 0 fully saturated rings. The van der Waals surface area contributed by atoms with E-state index in [0.29, 0.717) is 58.9 Å². The van der Waals surface area contributed by atoms with Crippen molar-refractivity contribution >= 4 is 23.5 Å². The standard InChI is InChI=1S/C34H34N4O3.C32H30N4O3.C19H21N3O3.C19H22N2O3/c1-3-5-13-22-36-25-38(31(29-19-11-12-21-35-29)28-18-10-9-17-27(28)14-4-2)37-23-20-30(39)33(32(37)34(36)40)41-24-26-15-7-6-8-16-26;37-28-18-21-35-30(31(28)39-22-24-12-4-3-5-13-24)32(38)34-20-11-2-1-6-14-25-15-7-8-16-26(25)29(36(35)23-34)27-17-9-10-19-33-27;1-2-3-7-11-21-14-20-22-12-10-16(23)18(17(22)19(21)24)25-13-15-8-5-4-6-9-15;1-2-3-4-8-11-16(22)18-19(17(23)12-13-21(18)20)24-14-15-9-6-5-7-10-15/h3-4,6-12,15-21,23,31H,1-2,5,13-14,22,24-25H2;1,3-10,12-13,15-19,21,29H,2,11,14,20,22-23H2;2,4-6,8-10,12,20H,1,3,7,11,13-14H2;2,5-7,9-10,12-13H,1,3-4,8,11,14,20H2. The zero-order chi connectivity index (χ0) is 90.2. The smallest absolute Gasteiger partial charge is 0.277 e. The maximum atomic E-state index is 14.0. The van der Waals surface area contributed by atoms with E-state index in [4.69, 9.17) is 34.8 Å². The number of carbonyl (C=O) groups is 4. The second kappa shape index (κ2) is 46.0. The molecule has 4 aliphatic heterocycles. The van der Waals surface area contributed by atoms with Gasteiger partial charge >= 0.3 is 0 Å². The number of allylic oxidation sites excluding steroid dienone is 6. The van der Waals surface area contributed by atoms with E-state index < -0.39 is 0 Å². The average molecular weight is 1730 g/mol. The molecule has 3 amide bonds. The zero-order valence-electron chi connectivity index (χ0n) is 72.3. The van der Waals surface area contributed by atoms with Crippen LogP contribution in [0, 0.1) is 0 Å². The summed E-state index contributed by atoms with van der Waals surface area (Å²) >= 11 is 0. The molecule has 0 spiro atoms. The van der Waals surface area contributed by atoms with Crippen LogP contribution in [0.25, 0.3) is 0 Å². The van der Waals surface area contributed by atoms with E-state index >= 15 is 0 Å². The first-order chi connectivity index (χ1) is 63.2. The molecule has 16 rings (SSSR count). The van der Waals surface area contributed by atoms with Crippen LogP contribution in [0.5, 0.6) is 23.0 Å². The number of hydrogen-bond acceptors (Lipinski definition) is 18. The Hall–Kier alpha value is -15.4. The first-order valence-corrected chi connectivity index (χ1v) is 43.4. The number of carbonyl (C=O) groups excluding carboxylic acids is 4. The molecule has 0 saturated heterocycles. The number of ether oxygens (including phenoxy) is 4. The molecule has 129 heavy (non-hydrogen) atoms. The largest absolute Gasteiger partial charge is 0.483 e. The second-order valence-corrected chi connectivity index (χ2v) is 31.0. The Balaban J connectivity index is 0.000000151. The highest BCUT2D eigenvalue weighted by molar-refractivity contribution is 5.98. The van der Waals surface area contributed by atoms with E-state index in [2.05, 4.69) is 84.2 Å².